The average molecular weight is 513 g/mol. The van der Waals surface area contributed by atoms with Crippen molar-refractivity contribution in [1.29, 1.82) is 0 Å². The van der Waals surface area contributed by atoms with E-state index in [1.165, 1.54) is 0 Å². The molecule has 4 aromatic rings. The number of hydrogen-bond donors (Lipinski definition) is 3. The summed E-state index contributed by atoms with van der Waals surface area (Å²) in [4.78, 5) is 12.1. The molecule has 0 aliphatic rings. The molecule has 0 saturated carbocycles. The summed E-state index contributed by atoms with van der Waals surface area (Å²) >= 11 is 0. The van der Waals surface area contributed by atoms with Gasteiger partial charge in [-0.15, -0.1) is 0 Å². The predicted octanol–water partition coefficient (Wildman–Crippen LogP) is 3.85. The van der Waals surface area contributed by atoms with E-state index in [-0.39, 0.29) is 6.61 Å². The van der Waals surface area contributed by atoms with Crippen LogP contribution in [0.5, 0.6) is 5.75 Å². The summed E-state index contributed by atoms with van der Waals surface area (Å²) in [5.41, 5.74) is 4.05. The topological polar surface area (TPSA) is 120 Å². The molecule has 0 atom stereocenters. The van der Waals surface area contributed by atoms with Gasteiger partial charge in [0.25, 0.3) is 0 Å². The zero-order chi connectivity index (χ0) is 26.3. The molecule has 2 aromatic carbocycles. The average Bonchev–Trinajstić information content (AvgIpc) is 3.28. The van der Waals surface area contributed by atoms with Crippen LogP contribution in [0.25, 0.3) is 21.8 Å². The van der Waals surface area contributed by atoms with Crippen LogP contribution in [0, 0.1) is 6.92 Å². The molecule has 0 bridgehead atoms. The number of fused-ring (bicyclic) bond motifs is 2. The Balaban J connectivity index is 0.000000414. The van der Waals surface area contributed by atoms with Crippen molar-refractivity contribution < 1.29 is 28.8 Å². The summed E-state index contributed by atoms with van der Waals surface area (Å²) < 4.78 is 25.6. The third kappa shape index (κ3) is 9.27. The number of aryl methyl sites for hydroxylation is 1. The quantitative estimate of drug-likeness (QED) is 0.216. The zero-order valence-electron chi connectivity index (χ0n) is 21.7. The molecule has 2 heterocycles. The van der Waals surface area contributed by atoms with E-state index < -0.39 is 0 Å². The second-order valence-corrected chi connectivity index (χ2v) is 8.06. The Morgan fingerprint density at radius 1 is 0.838 bits per heavy atom. The molecule has 0 aliphatic carbocycles. The molecular weight excluding hydrogens is 476 g/mol. The number of aliphatic hydroxyl groups excluding tert-OH is 1. The minimum atomic E-state index is 0.0870. The molecule has 0 fully saturated rings. The Bertz CT molecular complexity index is 1210. The maximum Gasteiger partial charge on any atom is 0.141 e. The third-order valence-electron chi connectivity index (χ3n) is 5.22. The lowest BCUT2D eigenvalue weighted by Gasteiger charge is -2.11. The summed E-state index contributed by atoms with van der Waals surface area (Å²) in [5.74, 6) is 1.51. The molecule has 2 aromatic heterocycles. The van der Waals surface area contributed by atoms with Crippen LogP contribution in [0.2, 0.25) is 0 Å². The van der Waals surface area contributed by atoms with Crippen molar-refractivity contribution >= 4 is 33.3 Å². The van der Waals surface area contributed by atoms with E-state index in [2.05, 4.69) is 50.1 Å². The van der Waals surface area contributed by atoms with Gasteiger partial charge in [0.2, 0.25) is 0 Å². The lowest BCUT2D eigenvalue weighted by molar-refractivity contribution is 0.0500. The molecule has 0 spiro atoms. The van der Waals surface area contributed by atoms with Gasteiger partial charge in [-0.25, -0.2) is 9.97 Å². The predicted molar refractivity (Wildman–Crippen MR) is 144 cm³/mol. The zero-order valence-corrected chi connectivity index (χ0v) is 21.7. The molecule has 3 N–H and O–H groups in total. The number of H-pyrrole nitrogens is 1. The highest BCUT2D eigenvalue weighted by Gasteiger charge is 2.07. The van der Waals surface area contributed by atoms with E-state index in [4.69, 9.17) is 24.1 Å². The van der Waals surface area contributed by atoms with Gasteiger partial charge >= 0.3 is 0 Å². The Hall–Kier alpha value is -3.28. The Labute approximate surface area is 216 Å². The van der Waals surface area contributed by atoms with Gasteiger partial charge in [0.15, 0.2) is 0 Å². The van der Waals surface area contributed by atoms with Gasteiger partial charge in [-0.05, 0) is 43.3 Å². The van der Waals surface area contributed by atoms with Gasteiger partial charge in [-0.1, -0.05) is 0 Å². The highest BCUT2D eigenvalue weighted by Crippen LogP contribution is 2.28. The molecule has 0 unspecified atom stereocenters. The van der Waals surface area contributed by atoms with E-state index in [9.17, 15) is 0 Å². The van der Waals surface area contributed by atoms with Gasteiger partial charge in [-0.3, -0.25) is 0 Å². The highest BCUT2D eigenvalue weighted by atomic mass is 16.5. The van der Waals surface area contributed by atoms with Crippen LogP contribution in [0.1, 0.15) is 5.69 Å². The van der Waals surface area contributed by atoms with Crippen LogP contribution in [0.4, 0.5) is 11.5 Å². The van der Waals surface area contributed by atoms with Crippen molar-refractivity contribution in [2.45, 2.75) is 6.92 Å². The fourth-order valence-corrected chi connectivity index (χ4v) is 3.49. The first-order chi connectivity index (χ1) is 18.1. The number of ether oxygens (including phenoxy) is 5. The van der Waals surface area contributed by atoms with Crippen molar-refractivity contribution in [2.24, 2.45) is 0 Å². The van der Waals surface area contributed by atoms with E-state index in [0.29, 0.717) is 46.2 Å². The monoisotopic (exact) mass is 512 g/mol. The first-order valence-corrected chi connectivity index (χ1v) is 12.1. The molecular formula is C27H36N4O6. The number of nitrogens with one attached hydrogen (secondary N) is 2. The van der Waals surface area contributed by atoms with Gasteiger partial charge < -0.3 is 39.1 Å². The molecule has 4 rings (SSSR count). The fourth-order valence-electron chi connectivity index (χ4n) is 3.49. The summed E-state index contributed by atoms with van der Waals surface area (Å²) in [7, 11) is 3.27. The number of benzene rings is 2. The summed E-state index contributed by atoms with van der Waals surface area (Å²) in [6.45, 7) is 5.84. The lowest BCUT2D eigenvalue weighted by atomic mass is 10.2. The van der Waals surface area contributed by atoms with Crippen molar-refractivity contribution in [3.05, 3.63) is 54.5 Å². The second kappa shape index (κ2) is 15.7. The normalized spacial score (nSPS) is 10.9. The molecule has 10 heteroatoms. The van der Waals surface area contributed by atoms with Crippen molar-refractivity contribution in [3.63, 3.8) is 0 Å². The Morgan fingerprint density at radius 2 is 1.59 bits per heavy atom. The number of anilines is 2. The largest absolute Gasteiger partial charge is 0.491 e. The molecule has 0 radical (unpaired) electrons. The van der Waals surface area contributed by atoms with E-state index in [0.717, 1.165) is 44.8 Å². The third-order valence-corrected chi connectivity index (χ3v) is 5.22. The molecule has 10 nitrogen and oxygen atoms in total. The Morgan fingerprint density at radius 3 is 2.35 bits per heavy atom. The maximum atomic E-state index is 8.20. The number of nitrogens with zero attached hydrogens (tertiary/aromatic N) is 2. The number of aromatic amines is 1. The Kier molecular flexibility index (Phi) is 12.0. The van der Waals surface area contributed by atoms with Crippen LogP contribution >= 0.6 is 0 Å². The minimum absolute atomic E-state index is 0.0870. The van der Waals surface area contributed by atoms with Gasteiger partial charge in [0, 0.05) is 48.0 Å². The number of aliphatic hydroxyl groups is 1. The fraction of sp³-hybridized carbons (Fsp3) is 0.407. The van der Waals surface area contributed by atoms with Crippen LogP contribution in [0.15, 0.2) is 48.8 Å². The summed E-state index contributed by atoms with van der Waals surface area (Å²) in [5, 5.41) is 13.7. The number of methoxy groups -OCH3 is 2. The highest BCUT2D eigenvalue weighted by molar-refractivity contribution is 5.92. The molecule has 0 amide bonds. The van der Waals surface area contributed by atoms with Crippen molar-refractivity contribution in [2.75, 3.05) is 72.4 Å². The standard InChI is InChI=1S/C22H24N4O3.C5H12O3/c1-15-11-16-12-17(3-6-20(16)25-15)26-22-19-5-4-18(13-21(19)23-14-24-22)29-10-9-28-8-7-27-2;1-7-4-5-8-3-2-6/h3-6,11-14,25H,7-10H2,1-2H3,(H,23,24,26);6H,2-5H2,1H3. The maximum absolute atomic E-state index is 8.20. The minimum Gasteiger partial charge on any atom is -0.491 e. The summed E-state index contributed by atoms with van der Waals surface area (Å²) in [6, 6.07) is 14.1. The number of hydrogen-bond acceptors (Lipinski definition) is 9. The van der Waals surface area contributed by atoms with Crippen LogP contribution < -0.4 is 10.1 Å². The number of aromatic nitrogens is 3. The van der Waals surface area contributed by atoms with Gasteiger partial charge in [0.05, 0.1) is 51.8 Å². The first-order valence-electron chi connectivity index (χ1n) is 12.1. The lowest BCUT2D eigenvalue weighted by Crippen LogP contribution is -2.10. The van der Waals surface area contributed by atoms with E-state index in [1.54, 1.807) is 20.5 Å². The van der Waals surface area contributed by atoms with Crippen LogP contribution in [0.3, 0.4) is 0 Å². The first kappa shape index (κ1) is 28.3. The molecule has 0 aliphatic heterocycles. The SMILES string of the molecule is COCCOCCO.COCCOCCOc1ccc2c(Nc3ccc4[nH]c(C)cc4c3)ncnc2c1. The second-order valence-electron chi connectivity index (χ2n) is 8.06. The van der Waals surface area contributed by atoms with Crippen LogP contribution in [-0.4, -0.2) is 87.1 Å². The van der Waals surface area contributed by atoms with Gasteiger partial charge in [0.1, 0.15) is 24.5 Å². The smallest absolute Gasteiger partial charge is 0.141 e. The van der Waals surface area contributed by atoms with Crippen LogP contribution in [-0.2, 0) is 18.9 Å². The van der Waals surface area contributed by atoms with E-state index in [1.807, 2.05) is 24.3 Å². The molecule has 200 valence electrons. The molecule has 0 saturated heterocycles. The molecule has 37 heavy (non-hydrogen) atoms. The van der Waals surface area contributed by atoms with Gasteiger partial charge in [-0.2, -0.15) is 0 Å². The van der Waals surface area contributed by atoms with Crippen molar-refractivity contribution in [3.8, 4) is 5.75 Å². The van der Waals surface area contributed by atoms with Crippen molar-refractivity contribution in [1.82, 2.24) is 15.0 Å². The number of rotatable bonds is 14. The van der Waals surface area contributed by atoms with E-state index >= 15 is 0 Å². The summed E-state index contributed by atoms with van der Waals surface area (Å²) in [6.07, 6.45) is 1.56.